The molecule has 0 saturated carbocycles. The second kappa shape index (κ2) is 13.7. The third-order valence-corrected chi connectivity index (χ3v) is 6.47. The molecule has 0 atom stereocenters. The summed E-state index contributed by atoms with van der Waals surface area (Å²) in [4.78, 5) is 55.0. The first-order valence-corrected chi connectivity index (χ1v) is 13.8. The van der Waals surface area contributed by atoms with Crippen LogP contribution in [0.5, 0.6) is 0 Å². The number of rotatable bonds is 8. The van der Waals surface area contributed by atoms with Crippen LogP contribution in [0.25, 0.3) is 0 Å². The van der Waals surface area contributed by atoms with Crippen molar-refractivity contribution < 1.29 is 28.7 Å². The Hall–Kier alpha value is -4.86. The lowest BCUT2D eigenvalue weighted by Crippen LogP contribution is -2.50. The van der Waals surface area contributed by atoms with E-state index in [0.717, 1.165) is 5.56 Å². The maximum absolute atomic E-state index is 13.5. The van der Waals surface area contributed by atoms with Crippen LogP contribution in [0.15, 0.2) is 78.9 Å². The molecule has 220 valence electrons. The van der Waals surface area contributed by atoms with Gasteiger partial charge in [0.1, 0.15) is 18.8 Å². The number of carbonyl (C=O) groups is 4. The van der Waals surface area contributed by atoms with E-state index < -0.39 is 17.6 Å². The second-order valence-corrected chi connectivity index (χ2v) is 10.8. The number of hydrogen-bond donors (Lipinski definition) is 2. The number of nitrogens with zero attached hydrogens (tertiary/aromatic N) is 2. The van der Waals surface area contributed by atoms with Crippen LogP contribution in [-0.4, -0.2) is 67.1 Å². The highest BCUT2D eigenvalue weighted by Crippen LogP contribution is 2.32. The van der Waals surface area contributed by atoms with E-state index in [0.29, 0.717) is 48.7 Å². The van der Waals surface area contributed by atoms with Gasteiger partial charge in [0.15, 0.2) is 5.78 Å². The number of alkyl carbamates (subject to hydrolysis) is 1. The van der Waals surface area contributed by atoms with Crippen molar-refractivity contribution in [2.75, 3.05) is 42.9 Å². The van der Waals surface area contributed by atoms with Gasteiger partial charge in [-0.05, 0) is 38.5 Å². The topological polar surface area (TPSA) is 117 Å². The average molecular weight is 573 g/mol. The summed E-state index contributed by atoms with van der Waals surface area (Å²) in [6.45, 7) is 6.94. The van der Waals surface area contributed by atoms with Gasteiger partial charge >= 0.3 is 12.2 Å². The first kappa shape index (κ1) is 30.1. The maximum Gasteiger partial charge on any atom is 0.410 e. The highest BCUT2D eigenvalue weighted by Gasteiger charge is 2.28. The average Bonchev–Trinajstić information content (AvgIpc) is 2.99. The number of nitrogens with one attached hydrogen (secondary N) is 2. The molecule has 1 aliphatic heterocycles. The lowest BCUT2D eigenvalue weighted by molar-refractivity contribution is -0.115. The molecule has 0 unspecified atom stereocenters. The summed E-state index contributed by atoms with van der Waals surface area (Å²) in [6, 6.07) is 23.2. The smallest absolute Gasteiger partial charge is 0.410 e. The molecule has 2 N–H and O–H groups in total. The highest BCUT2D eigenvalue weighted by molar-refractivity contribution is 6.16. The molecule has 1 saturated heterocycles. The molecule has 4 rings (SSSR count). The molecular weight excluding hydrogens is 536 g/mol. The van der Waals surface area contributed by atoms with E-state index in [1.54, 1.807) is 41.3 Å². The van der Waals surface area contributed by atoms with E-state index in [2.05, 4.69) is 10.6 Å². The molecule has 0 spiro atoms. The van der Waals surface area contributed by atoms with Gasteiger partial charge in [-0.15, -0.1) is 0 Å². The molecule has 42 heavy (non-hydrogen) atoms. The van der Waals surface area contributed by atoms with Gasteiger partial charge in [0.05, 0.1) is 11.4 Å². The number of ketones is 1. The van der Waals surface area contributed by atoms with Crippen LogP contribution >= 0.6 is 0 Å². The summed E-state index contributed by atoms with van der Waals surface area (Å²) in [6.07, 6.45) is -1.12. The Labute approximate surface area is 245 Å². The van der Waals surface area contributed by atoms with Crippen LogP contribution in [0, 0.1) is 0 Å². The second-order valence-electron chi connectivity index (χ2n) is 10.8. The standard InChI is InChI=1S/C32H36N4O6/c1-32(2,3)42-31(40)36-19-17-35(18-20-36)26-16-10-15-25(29(38)24-13-8-5-9-14-24)28(26)34-27(37)21-33-30(39)41-22-23-11-6-4-7-12-23/h4-16H,17-22H2,1-3H3,(H,33,39)(H,34,37). The molecule has 0 bridgehead atoms. The number of piperazine rings is 1. The van der Waals surface area contributed by atoms with Crippen molar-refractivity contribution >= 4 is 35.3 Å². The molecule has 0 aromatic heterocycles. The normalized spacial score (nSPS) is 13.2. The summed E-state index contributed by atoms with van der Waals surface area (Å²) in [7, 11) is 0. The number of para-hydroxylation sites is 1. The van der Waals surface area contributed by atoms with Crippen LogP contribution in [0.4, 0.5) is 21.0 Å². The summed E-state index contributed by atoms with van der Waals surface area (Å²) in [5.41, 5.74) is 1.99. The number of benzene rings is 3. The Morgan fingerprint density at radius 2 is 1.45 bits per heavy atom. The van der Waals surface area contributed by atoms with Gasteiger partial charge in [-0.2, -0.15) is 0 Å². The van der Waals surface area contributed by atoms with Crippen LogP contribution in [0.3, 0.4) is 0 Å². The Morgan fingerprint density at radius 1 is 0.810 bits per heavy atom. The number of carbonyl (C=O) groups excluding carboxylic acids is 4. The first-order valence-electron chi connectivity index (χ1n) is 13.8. The Kier molecular flexibility index (Phi) is 9.80. The van der Waals surface area contributed by atoms with Gasteiger partial charge in [0, 0.05) is 37.3 Å². The van der Waals surface area contributed by atoms with E-state index in [9.17, 15) is 19.2 Å². The van der Waals surface area contributed by atoms with Crippen molar-refractivity contribution in [1.29, 1.82) is 0 Å². The number of amides is 3. The fourth-order valence-electron chi connectivity index (χ4n) is 4.44. The summed E-state index contributed by atoms with van der Waals surface area (Å²) < 4.78 is 10.7. The quantitative estimate of drug-likeness (QED) is 0.371. The van der Waals surface area contributed by atoms with Crippen LogP contribution < -0.4 is 15.5 Å². The third-order valence-electron chi connectivity index (χ3n) is 6.47. The Bertz CT molecular complexity index is 1400. The Morgan fingerprint density at radius 3 is 2.10 bits per heavy atom. The van der Waals surface area contributed by atoms with Gasteiger partial charge in [-0.3, -0.25) is 9.59 Å². The number of ether oxygens (including phenoxy) is 2. The molecule has 1 fully saturated rings. The predicted octanol–water partition coefficient (Wildman–Crippen LogP) is 4.84. The predicted molar refractivity (Wildman–Crippen MR) is 160 cm³/mol. The van der Waals surface area contributed by atoms with Crippen LogP contribution in [0.2, 0.25) is 0 Å². The highest BCUT2D eigenvalue weighted by atomic mass is 16.6. The monoisotopic (exact) mass is 572 g/mol. The molecule has 3 amide bonds. The summed E-state index contributed by atoms with van der Waals surface area (Å²) in [5, 5.41) is 5.30. The number of anilines is 2. The molecule has 10 nitrogen and oxygen atoms in total. The zero-order chi connectivity index (χ0) is 30.1. The summed E-state index contributed by atoms with van der Waals surface area (Å²) >= 11 is 0. The third kappa shape index (κ3) is 8.33. The van der Waals surface area contributed by atoms with Crippen molar-refractivity contribution in [3.05, 3.63) is 95.6 Å². The molecule has 1 aliphatic rings. The van der Waals surface area contributed by atoms with E-state index in [1.807, 2.05) is 68.1 Å². The Balaban J connectivity index is 1.48. The minimum Gasteiger partial charge on any atom is -0.445 e. The zero-order valence-electron chi connectivity index (χ0n) is 24.1. The molecule has 0 radical (unpaired) electrons. The van der Waals surface area contributed by atoms with Gasteiger partial charge < -0.3 is 29.9 Å². The molecule has 10 heteroatoms. The zero-order valence-corrected chi connectivity index (χ0v) is 24.1. The van der Waals surface area contributed by atoms with Crippen molar-refractivity contribution in [2.24, 2.45) is 0 Å². The molecule has 3 aromatic rings. The molecule has 1 heterocycles. The SMILES string of the molecule is CC(C)(C)OC(=O)N1CCN(c2cccc(C(=O)c3ccccc3)c2NC(=O)CNC(=O)OCc2ccccc2)CC1. The fraction of sp³-hybridized carbons (Fsp3) is 0.312. The fourth-order valence-corrected chi connectivity index (χ4v) is 4.44. The summed E-state index contributed by atoms with van der Waals surface area (Å²) in [5.74, 6) is -0.774. The number of hydrogen-bond acceptors (Lipinski definition) is 7. The lowest BCUT2D eigenvalue weighted by atomic mass is 10.00. The van der Waals surface area contributed by atoms with Gasteiger partial charge in [-0.25, -0.2) is 9.59 Å². The molecule has 3 aromatic carbocycles. The van der Waals surface area contributed by atoms with Gasteiger partial charge in [0.25, 0.3) is 0 Å². The molecule has 0 aliphatic carbocycles. The first-order chi connectivity index (χ1) is 20.1. The van der Waals surface area contributed by atoms with Crippen LogP contribution in [0.1, 0.15) is 42.3 Å². The minimum atomic E-state index is -0.735. The van der Waals surface area contributed by atoms with Crippen molar-refractivity contribution in [1.82, 2.24) is 10.2 Å². The minimum absolute atomic E-state index is 0.0716. The lowest BCUT2D eigenvalue weighted by Gasteiger charge is -2.37. The maximum atomic E-state index is 13.5. The van der Waals surface area contributed by atoms with Crippen LogP contribution in [-0.2, 0) is 20.9 Å². The van der Waals surface area contributed by atoms with E-state index >= 15 is 0 Å². The van der Waals surface area contributed by atoms with E-state index in [4.69, 9.17) is 9.47 Å². The van der Waals surface area contributed by atoms with Gasteiger partial charge in [-0.1, -0.05) is 66.7 Å². The van der Waals surface area contributed by atoms with Crippen molar-refractivity contribution in [3.63, 3.8) is 0 Å². The van der Waals surface area contributed by atoms with E-state index in [-0.39, 0.29) is 25.0 Å². The van der Waals surface area contributed by atoms with Crippen molar-refractivity contribution in [2.45, 2.75) is 33.0 Å². The molecular formula is C32H36N4O6. The van der Waals surface area contributed by atoms with E-state index in [1.165, 1.54) is 0 Å². The largest absolute Gasteiger partial charge is 0.445 e. The van der Waals surface area contributed by atoms with Gasteiger partial charge in [0.2, 0.25) is 5.91 Å². The van der Waals surface area contributed by atoms with Crippen molar-refractivity contribution in [3.8, 4) is 0 Å².